The molecule has 2 N–H and O–H groups in total. The smallest absolute Gasteiger partial charge is 0.234 e. The van der Waals surface area contributed by atoms with Crippen LogP contribution in [0.25, 0.3) is 27.1 Å². The molecule has 1 aliphatic heterocycles. The summed E-state index contributed by atoms with van der Waals surface area (Å²) in [7, 11) is 0. The zero-order chi connectivity index (χ0) is 27.2. The van der Waals surface area contributed by atoms with E-state index in [0.29, 0.717) is 36.4 Å². The lowest BCUT2D eigenvalue weighted by molar-refractivity contribution is -0.124. The van der Waals surface area contributed by atoms with Crippen LogP contribution in [0.2, 0.25) is 0 Å². The van der Waals surface area contributed by atoms with Gasteiger partial charge in [-0.1, -0.05) is 20.8 Å². The number of nitrogens with zero attached hydrogens (tertiary/aromatic N) is 4. The minimum atomic E-state index is 0.223. The number of fused-ring (bicyclic) bond motifs is 4. The first kappa shape index (κ1) is 25.3. The molecule has 0 spiro atoms. The molecule has 4 aromatic heterocycles. The van der Waals surface area contributed by atoms with Crippen LogP contribution in [0.3, 0.4) is 0 Å². The monoisotopic (exact) mass is 544 g/mol. The highest BCUT2D eigenvalue weighted by Crippen LogP contribution is 2.53. The SMILES string of the molecule is Cc1c(-c2[nH]c3sc([C@@H]4CC5C[C@H]4CN5CC(=O)N[C@H]4C[C@@H](C)C4)c(C)c3c2C(C)C)cn2ncnc2c1C. The summed E-state index contributed by atoms with van der Waals surface area (Å²) >= 11 is 1.97. The highest BCUT2D eigenvalue weighted by molar-refractivity contribution is 7.19. The van der Waals surface area contributed by atoms with E-state index in [1.54, 1.807) is 11.2 Å². The number of aryl methyl sites for hydroxylation is 2. The van der Waals surface area contributed by atoms with Crippen molar-refractivity contribution in [3.05, 3.63) is 39.7 Å². The van der Waals surface area contributed by atoms with E-state index in [2.05, 4.69) is 73.0 Å². The molecule has 4 aromatic rings. The van der Waals surface area contributed by atoms with Gasteiger partial charge in [-0.05, 0) is 92.4 Å². The molecule has 0 radical (unpaired) electrons. The summed E-state index contributed by atoms with van der Waals surface area (Å²) in [6, 6.07) is 0.939. The summed E-state index contributed by atoms with van der Waals surface area (Å²) in [5.41, 5.74) is 8.67. The maximum absolute atomic E-state index is 12.7. The number of pyridine rings is 1. The number of H-pyrrole nitrogens is 1. The average molecular weight is 545 g/mol. The molecule has 3 aliphatic rings. The Kier molecular flexibility index (Phi) is 5.94. The number of piperidine rings is 1. The molecule has 3 atom stereocenters. The van der Waals surface area contributed by atoms with Crippen molar-refractivity contribution in [1.29, 1.82) is 0 Å². The number of carbonyl (C=O) groups excluding carboxylic acids is 1. The van der Waals surface area contributed by atoms with Crippen molar-refractivity contribution < 1.29 is 4.79 Å². The van der Waals surface area contributed by atoms with Gasteiger partial charge in [0, 0.05) is 40.7 Å². The Morgan fingerprint density at radius 1 is 1.15 bits per heavy atom. The fourth-order valence-corrected chi connectivity index (χ4v) is 9.32. The molecule has 1 unspecified atom stereocenters. The second-order valence-corrected chi connectivity index (χ2v) is 14.0. The van der Waals surface area contributed by atoms with Crippen LogP contribution in [-0.4, -0.2) is 55.6 Å². The molecule has 2 saturated carbocycles. The van der Waals surface area contributed by atoms with Crippen LogP contribution in [0.5, 0.6) is 0 Å². The Balaban J connectivity index is 1.16. The van der Waals surface area contributed by atoms with Crippen molar-refractivity contribution in [2.24, 2.45) is 11.8 Å². The van der Waals surface area contributed by atoms with Crippen LogP contribution in [0.4, 0.5) is 0 Å². The third-order valence-corrected chi connectivity index (χ3v) is 11.4. The molecule has 3 fully saturated rings. The molecule has 0 aromatic carbocycles. The molecule has 2 aliphatic carbocycles. The van der Waals surface area contributed by atoms with E-state index in [1.807, 2.05) is 15.9 Å². The number of likely N-dealkylation sites (tertiary alicyclic amines) is 1. The van der Waals surface area contributed by atoms with Gasteiger partial charge >= 0.3 is 0 Å². The Bertz CT molecular complexity index is 1590. The number of amides is 1. The van der Waals surface area contributed by atoms with Crippen LogP contribution in [-0.2, 0) is 4.79 Å². The first-order valence-electron chi connectivity index (χ1n) is 14.7. The Morgan fingerprint density at radius 3 is 2.64 bits per heavy atom. The van der Waals surface area contributed by atoms with Crippen LogP contribution in [0.1, 0.15) is 85.4 Å². The number of aromatic amines is 1. The van der Waals surface area contributed by atoms with Gasteiger partial charge in [0.15, 0.2) is 5.65 Å². The number of rotatable bonds is 6. The molecule has 1 saturated heterocycles. The minimum absolute atomic E-state index is 0.223. The van der Waals surface area contributed by atoms with Gasteiger partial charge in [0.2, 0.25) is 5.91 Å². The fourth-order valence-electron chi connectivity index (χ4n) is 7.89. The molecule has 7 rings (SSSR count). The van der Waals surface area contributed by atoms with Gasteiger partial charge in [-0.25, -0.2) is 9.50 Å². The van der Waals surface area contributed by atoms with Gasteiger partial charge < -0.3 is 10.3 Å². The lowest BCUT2D eigenvalue weighted by Crippen LogP contribution is -2.48. The Morgan fingerprint density at radius 2 is 1.95 bits per heavy atom. The zero-order valence-corrected chi connectivity index (χ0v) is 24.8. The van der Waals surface area contributed by atoms with Crippen LogP contribution < -0.4 is 5.32 Å². The largest absolute Gasteiger partial charge is 0.352 e. The van der Waals surface area contributed by atoms with Crippen LogP contribution in [0, 0.1) is 32.6 Å². The topological polar surface area (TPSA) is 78.3 Å². The highest BCUT2D eigenvalue weighted by atomic mass is 32.1. The standard InChI is InChI=1S/C31H40N6OS/c1-15(2)26-27-19(6)29(23-10-22-9-20(23)11-36(22)13-25(38)34-21-7-16(3)8-21)39-31(27)35-28(26)24-12-37-30(32-14-33-37)18(5)17(24)4/h12,14-16,20-23,35H,7-11,13H2,1-6H3,(H,34,38)/t16-,20-,21+,22?,23+/m0/s1. The van der Waals surface area contributed by atoms with Gasteiger partial charge in [0.05, 0.1) is 12.2 Å². The summed E-state index contributed by atoms with van der Waals surface area (Å²) in [5.74, 6) is 2.63. The summed E-state index contributed by atoms with van der Waals surface area (Å²) in [6.07, 6.45) is 8.44. The predicted octanol–water partition coefficient (Wildman–Crippen LogP) is 6.08. The molecular weight excluding hydrogens is 504 g/mol. The second kappa shape index (κ2) is 9.16. The van der Waals surface area contributed by atoms with E-state index < -0.39 is 0 Å². The molecule has 8 heteroatoms. The van der Waals surface area contributed by atoms with Crippen molar-refractivity contribution in [3.63, 3.8) is 0 Å². The Labute approximate surface area is 234 Å². The molecular formula is C31H40N6OS. The molecule has 39 heavy (non-hydrogen) atoms. The van der Waals surface area contributed by atoms with Gasteiger partial charge in [-0.3, -0.25) is 9.69 Å². The Hall–Kier alpha value is -2.71. The normalized spacial score (nSPS) is 26.8. The van der Waals surface area contributed by atoms with E-state index in [1.165, 1.54) is 56.6 Å². The summed E-state index contributed by atoms with van der Waals surface area (Å²) in [6.45, 7) is 15.2. The van der Waals surface area contributed by atoms with Crippen LogP contribution in [0.15, 0.2) is 12.5 Å². The highest BCUT2D eigenvalue weighted by Gasteiger charge is 2.47. The van der Waals surface area contributed by atoms with Crippen molar-refractivity contribution >= 4 is 33.1 Å². The number of hydrogen-bond acceptors (Lipinski definition) is 5. The third kappa shape index (κ3) is 3.97. The van der Waals surface area contributed by atoms with Crippen molar-refractivity contribution in [2.75, 3.05) is 13.1 Å². The summed E-state index contributed by atoms with van der Waals surface area (Å²) < 4.78 is 1.91. The zero-order valence-electron chi connectivity index (χ0n) is 24.0. The lowest BCUT2D eigenvalue weighted by atomic mass is 9.82. The number of thiophene rings is 1. The number of hydrogen-bond donors (Lipinski definition) is 2. The van der Waals surface area contributed by atoms with Gasteiger partial charge in [-0.15, -0.1) is 11.3 Å². The van der Waals surface area contributed by atoms with Crippen LogP contribution >= 0.6 is 11.3 Å². The predicted molar refractivity (Wildman–Crippen MR) is 158 cm³/mol. The molecule has 206 valence electrons. The number of nitrogens with one attached hydrogen (secondary N) is 2. The fraction of sp³-hybridized carbons (Fsp3) is 0.581. The minimum Gasteiger partial charge on any atom is -0.352 e. The number of carbonyl (C=O) groups is 1. The quantitative estimate of drug-likeness (QED) is 0.308. The summed E-state index contributed by atoms with van der Waals surface area (Å²) in [5, 5.41) is 9.12. The van der Waals surface area contributed by atoms with Crippen molar-refractivity contribution in [3.8, 4) is 11.3 Å². The maximum atomic E-state index is 12.7. The van der Waals surface area contributed by atoms with Crippen molar-refractivity contribution in [2.45, 2.75) is 91.1 Å². The van der Waals surface area contributed by atoms with E-state index in [0.717, 1.165) is 31.0 Å². The lowest BCUT2D eigenvalue weighted by Gasteiger charge is -2.35. The average Bonchev–Trinajstić information content (AvgIpc) is 3.67. The molecule has 1 amide bonds. The van der Waals surface area contributed by atoms with E-state index >= 15 is 0 Å². The van der Waals surface area contributed by atoms with Crippen molar-refractivity contribution in [1.82, 2.24) is 29.8 Å². The van der Waals surface area contributed by atoms with Gasteiger partial charge in [-0.2, -0.15) is 5.10 Å². The molecule has 2 bridgehead atoms. The first-order chi connectivity index (χ1) is 18.7. The first-order valence-corrected chi connectivity index (χ1v) is 15.5. The molecule has 5 heterocycles. The number of aromatic nitrogens is 4. The van der Waals surface area contributed by atoms with Gasteiger partial charge in [0.25, 0.3) is 0 Å². The van der Waals surface area contributed by atoms with E-state index in [9.17, 15) is 4.79 Å². The summed E-state index contributed by atoms with van der Waals surface area (Å²) in [4.78, 5) is 26.3. The van der Waals surface area contributed by atoms with E-state index in [-0.39, 0.29) is 5.91 Å². The van der Waals surface area contributed by atoms with E-state index in [4.69, 9.17) is 0 Å². The second-order valence-electron chi connectivity index (χ2n) is 12.9. The molecule has 7 nitrogen and oxygen atoms in total. The van der Waals surface area contributed by atoms with Gasteiger partial charge in [0.1, 0.15) is 11.2 Å². The third-order valence-electron chi connectivity index (χ3n) is 10.0. The maximum Gasteiger partial charge on any atom is 0.234 e.